The van der Waals surface area contributed by atoms with Crippen molar-refractivity contribution in [1.29, 1.82) is 0 Å². The fourth-order valence-electron chi connectivity index (χ4n) is 4.31. The Labute approximate surface area is 118 Å². The second kappa shape index (κ2) is 5.45. The number of ether oxygens (including phenoxy) is 2. The van der Waals surface area contributed by atoms with Crippen LogP contribution in [-0.4, -0.2) is 46.8 Å². The number of fused-ring (bicyclic) bond motifs is 1. The average Bonchev–Trinajstić information content (AvgIpc) is 3.15. The molecule has 0 aromatic heterocycles. The van der Waals surface area contributed by atoms with Crippen molar-refractivity contribution in [2.75, 3.05) is 21.3 Å². The summed E-state index contributed by atoms with van der Waals surface area (Å²) in [5.74, 6) is 0. The average molecular weight is 288 g/mol. The summed E-state index contributed by atoms with van der Waals surface area (Å²) in [6.07, 6.45) is 5.52. The van der Waals surface area contributed by atoms with Gasteiger partial charge >= 0.3 is 8.56 Å². The van der Waals surface area contributed by atoms with E-state index >= 15 is 0 Å². The van der Waals surface area contributed by atoms with Crippen molar-refractivity contribution in [2.24, 2.45) is 0 Å². The van der Waals surface area contributed by atoms with Crippen LogP contribution in [0.4, 0.5) is 0 Å². The zero-order valence-corrected chi connectivity index (χ0v) is 14.0. The number of methoxy groups -OCH3 is 1. The van der Waals surface area contributed by atoms with Crippen LogP contribution in [0.25, 0.3) is 0 Å². The van der Waals surface area contributed by atoms with E-state index in [1.807, 2.05) is 0 Å². The van der Waals surface area contributed by atoms with Crippen LogP contribution in [-0.2, 0) is 18.3 Å². The van der Waals surface area contributed by atoms with E-state index in [1.165, 1.54) is 0 Å². The van der Waals surface area contributed by atoms with Crippen molar-refractivity contribution < 1.29 is 18.3 Å². The van der Waals surface area contributed by atoms with Crippen molar-refractivity contribution in [3.05, 3.63) is 0 Å². The highest BCUT2D eigenvalue weighted by Gasteiger charge is 2.80. The molecule has 3 atom stereocenters. The normalized spacial score (nSPS) is 39.9. The Kier molecular flexibility index (Phi) is 4.43. The molecule has 112 valence electrons. The monoisotopic (exact) mass is 288 g/mol. The molecule has 2 aliphatic heterocycles. The van der Waals surface area contributed by atoms with Gasteiger partial charge in [0.15, 0.2) is 0 Å². The van der Waals surface area contributed by atoms with Gasteiger partial charge in [-0.1, -0.05) is 26.7 Å². The van der Waals surface area contributed by atoms with Gasteiger partial charge in [0.05, 0.1) is 6.10 Å². The molecular formula is C14H28O4Si. The molecule has 0 N–H and O–H groups in total. The topological polar surface area (TPSA) is 40.2 Å². The Balaban J connectivity index is 2.45. The Morgan fingerprint density at radius 3 is 2.21 bits per heavy atom. The second-order valence-electron chi connectivity index (χ2n) is 5.73. The van der Waals surface area contributed by atoms with Crippen LogP contribution < -0.4 is 0 Å². The molecule has 2 heterocycles. The number of hydrogen-bond acceptors (Lipinski definition) is 4. The van der Waals surface area contributed by atoms with Crippen molar-refractivity contribution in [3.63, 3.8) is 0 Å². The quantitative estimate of drug-likeness (QED) is 0.533. The lowest BCUT2D eigenvalue weighted by atomic mass is 9.87. The molecule has 0 aromatic rings. The minimum atomic E-state index is -2.41. The first-order valence-corrected chi connectivity index (χ1v) is 9.47. The van der Waals surface area contributed by atoms with Gasteiger partial charge < -0.3 is 18.3 Å². The first-order chi connectivity index (χ1) is 9.12. The van der Waals surface area contributed by atoms with E-state index < -0.39 is 8.56 Å². The van der Waals surface area contributed by atoms with Crippen LogP contribution in [0.1, 0.15) is 46.0 Å². The molecule has 0 aromatic carbocycles. The minimum Gasteiger partial charge on any atom is -0.396 e. The summed E-state index contributed by atoms with van der Waals surface area (Å²) in [6.45, 7) is 4.40. The third-order valence-corrected chi connectivity index (χ3v) is 9.46. The molecule has 2 fully saturated rings. The molecule has 0 saturated carbocycles. The van der Waals surface area contributed by atoms with E-state index in [2.05, 4.69) is 13.8 Å². The summed E-state index contributed by atoms with van der Waals surface area (Å²) in [5, 5.41) is -0.364. The summed E-state index contributed by atoms with van der Waals surface area (Å²) >= 11 is 0. The van der Waals surface area contributed by atoms with E-state index in [0.29, 0.717) is 6.10 Å². The molecule has 5 heteroatoms. The van der Waals surface area contributed by atoms with Crippen LogP contribution in [0.5, 0.6) is 0 Å². The zero-order valence-electron chi connectivity index (χ0n) is 13.0. The predicted octanol–water partition coefficient (Wildman–Crippen LogP) is 2.79. The van der Waals surface area contributed by atoms with Gasteiger partial charge in [0, 0.05) is 21.3 Å². The second-order valence-corrected chi connectivity index (χ2v) is 9.36. The van der Waals surface area contributed by atoms with Crippen LogP contribution in [0.2, 0.25) is 6.04 Å². The van der Waals surface area contributed by atoms with Crippen molar-refractivity contribution in [1.82, 2.24) is 0 Å². The first kappa shape index (κ1) is 15.4. The highest BCUT2D eigenvalue weighted by Crippen LogP contribution is 2.62. The van der Waals surface area contributed by atoms with E-state index in [4.69, 9.17) is 18.3 Å². The molecular weight excluding hydrogens is 260 g/mol. The fraction of sp³-hybridized carbons (Fsp3) is 1.00. The minimum absolute atomic E-state index is 0.164. The number of rotatable bonds is 7. The zero-order chi connectivity index (χ0) is 14.1. The lowest BCUT2D eigenvalue weighted by Crippen LogP contribution is -2.72. The summed E-state index contributed by atoms with van der Waals surface area (Å²) in [4.78, 5) is 0. The summed E-state index contributed by atoms with van der Waals surface area (Å²) < 4.78 is 24.2. The largest absolute Gasteiger partial charge is 0.396 e. The van der Waals surface area contributed by atoms with E-state index in [-0.39, 0.29) is 10.8 Å². The summed E-state index contributed by atoms with van der Waals surface area (Å²) in [7, 11) is 2.95. The Morgan fingerprint density at radius 2 is 1.74 bits per heavy atom. The van der Waals surface area contributed by atoms with Gasteiger partial charge in [0.1, 0.15) is 10.8 Å². The van der Waals surface area contributed by atoms with Gasteiger partial charge in [0.25, 0.3) is 0 Å². The van der Waals surface area contributed by atoms with Crippen molar-refractivity contribution in [3.8, 4) is 0 Å². The fourth-order valence-corrected chi connectivity index (χ4v) is 8.52. The third kappa shape index (κ3) is 1.86. The lowest BCUT2D eigenvalue weighted by Gasteiger charge is -2.50. The first-order valence-electron chi connectivity index (χ1n) is 7.45. The van der Waals surface area contributed by atoms with Crippen molar-refractivity contribution in [2.45, 2.75) is 68.9 Å². The highest BCUT2D eigenvalue weighted by molar-refractivity contribution is 6.71. The summed E-state index contributed by atoms with van der Waals surface area (Å²) in [6, 6.07) is 0.962. The smallest absolute Gasteiger partial charge is 0.374 e. The molecule has 2 saturated heterocycles. The van der Waals surface area contributed by atoms with E-state index in [1.54, 1.807) is 21.3 Å². The van der Waals surface area contributed by atoms with Crippen molar-refractivity contribution >= 4 is 8.56 Å². The molecule has 4 nitrogen and oxygen atoms in total. The predicted molar refractivity (Wildman–Crippen MR) is 76.4 cm³/mol. The van der Waals surface area contributed by atoms with Gasteiger partial charge in [-0.15, -0.1) is 0 Å². The molecule has 3 unspecified atom stereocenters. The molecule has 2 rings (SSSR count). The molecule has 19 heavy (non-hydrogen) atoms. The lowest BCUT2D eigenvalue weighted by molar-refractivity contribution is -0.0609. The van der Waals surface area contributed by atoms with Crippen LogP contribution in [0.15, 0.2) is 0 Å². The van der Waals surface area contributed by atoms with Gasteiger partial charge in [-0.05, 0) is 25.3 Å². The summed E-state index contributed by atoms with van der Waals surface area (Å²) in [5.41, 5.74) is -0.164. The molecule has 0 spiro atoms. The van der Waals surface area contributed by atoms with Gasteiger partial charge in [-0.3, -0.25) is 0 Å². The molecule has 2 aliphatic rings. The molecule has 0 amide bonds. The Morgan fingerprint density at radius 1 is 1.11 bits per heavy atom. The van der Waals surface area contributed by atoms with Gasteiger partial charge in [0.2, 0.25) is 0 Å². The van der Waals surface area contributed by atoms with Gasteiger partial charge in [-0.25, -0.2) is 0 Å². The Bertz CT molecular complexity index is 321. The maximum atomic E-state index is 6.17. The Hall–Kier alpha value is 0.0569. The van der Waals surface area contributed by atoms with Crippen LogP contribution >= 0.6 is 0 Å². The van der Waals surface area contributed by atoms with Crippen LogP contribution in [0, 0.1) is 0 Å². The van der Waals surface area contributed by atoms with Crippen LogP contribution in [0.3, 0.4) is 0 Å². The highest BCUT2D eigenvalue weighted by atomic mass is 28.4. The third-order valence-electron chi connectivity index (χ3n) is 5.08. The maximum Gasteiger partial charge on any atom is 0.374 e. The molecule has 0 bridgehead atoms. The van der Waals surface area contributed by atoms with Gasteiger partial charge in [-0.2, -0.15) is 0 Å². The number of epoxide rings is 1. The standard InChI is InChI=1S/C14H28O4Si/c1-6-9-13-12(18-13)8-11-19(16-4,17-5)14(13,15-3)10-7-2/h12H,6-11H2,1-5H3. The maximum absolute atomic E-state index is 6.17. The van der Waals surface area contributed by atoms with E-state index in [9.17, 15) is 0 Å². The number of hydrogen-bond donors (Lipinski definition) is 0. The van der Waals surface area contributed by atoms with E-state index in [0.717, 1.165) is 38.1 Å². The molecule has 0 radical (unpaired) electrons. The SMILES string of the molecule is CCCC12OC1CC[Si](OC)(OC)C2(CCC)OC. The molecule has 0 aliphatic carbocycles.